The quantitative estimate of drug-likeness (QED) is 0.530. The summed E-state index contributed by atoms with van der Waals surface area (Å²) in [5.74, 6) is 2.40. The molecule has 0 aliphatic carbocycles. The number of carbonyl (C=O) groups is 1. The molecule has 6 heteroatoms. The Bertz CT molecular complexity index is 891. The van der Waals surface area contributed by atoms with Gasteiger partial charge in [-0.15, -0.1) is 6.58 Å². The van der Waals surface area contributed by atoms with Gasteiger partial charge in [0.1, 0.15) is 11.6 Å². The molecule has 0 aromatic carbocycles. The van der Waals surface area contributed by atoms with E-state index < -0.39 is 0 Å². The maximum absolute atomic E-state index is 12.9. The number of aromatic nitrogens is 3. The Morgan fingerprint density at radius 3 is 2.45 bits per heavy atom. The summed E-state index contributed by atoms with van der Waals surface area (Å²) < 4.78 is 2.14. The number of rotatable bonds is 7. The molecule has 0 unspecified atom stereocenters. The zero-order valence-corrected chi connectivity index (χ0v) is 18.4. The molecule has 3 rings (SSSR count). The highest BCUT2D eigenvalue weighted by Crippen LogP contribution is 2.20. The fourth-order valence-corrected chi connectivity index (χ4v) is 3.91. The average molecular weight is 396 g/mol. The summed E-state index contributed by atoms with van der Waals surface area (Å²) in [7, 11) is 0. The molecule has 1 aliphatic heterocycles. The first-order valence-electron chi connectivity index (χ1n) is 10.4. The summed E-state index contributed by atoms with van der Waals surface area (Å²) in [6, 6.07) is 4.07. The fourth-order valence-electron chi connectivity index (χ4n) is 3.91. The Hall–Kier alpha value is -2.47. The molecule has 0 spiro atoms. The Balaban J connectivity index is 1.62. The Kier molecular flexibility index (Phi) is 6.52. The molecule has 0 saturated carbocycles. The van der Waals surface area contributed by atoms with Crippen LogP contribution in [0.3, 0.4) is 0 Å². The number of Topliss-reactive ketones (excluding diaryl/α,β-unsaturated/α-hetero) is 1. The van der Waals surface area contributed by atoms with E-state index in [2.05, 4.69) is 45.8 Å². The van der Waals surface area contributed by atoms with E-state index >= 15 is 0 Å². The smallest absolute Gasteiger partial charge is 0.178 e. The van der Waals surface area contributed by atoms with Crippen LogP contribution in [0.15, 0.2) is 24.8 Å². The van der Waals surface area contributed by atoms with Crippen LogP contribution in [0, 0.1) is 20.8 Å². The zero-order valence-electron chi connectivity index (χ0n) is 18.4. The van der Waals surface area contributed by atoms with Crippen molar-refractivity contribution in [3.8, 4) is 0 Å². The van der Waals surface area contributed by atoms with Gasteiger partial charge in [0.15, 0.2) is 5.78 Å². The first kappa shape index (κ1) is 21.2. The molecule has 1 saturated heterocycles. The van der Waals surface area contributed by atoms with Crippen LogP contribution in [-0.2, 0) is 6.54 Å². The van der Waals surface area contributed by atoms with E-state index in [1.165, 1.54) is 0 Å². The van der Waals surface area contributed by atoms with Gasteiger partial charge < -0.3 is 9.47 Å². The lowest BCUT2D eigenvalue weighted by atomic mass is 10.1. The third kappa shape index (κ3) is 4.75. The van der Waals surface area contributed by atoms with Gasteiger partial charge in [-0.25, -0.2) is 9.97 Å². The highest BCUT2D eigenvalue weighted by atomic mass is 16.1. The second kappa shape index (κ2) is 8.91. The van der Waals surface area contributed by atoms with Crippen molar-refractivity contribution in [3.05, 3.63) is 53.3 Å². The minimum absolute atomic E-state index is 0.196. The number of ketones is 1. The van der Waals surface area contributed by atoms with Crippen molar-refractivity contribution in [1.82, 2.24) is 19.4 Å². The minimum Gasteiger partial charge on any atom is -0.354 e. The van der Waals surface area contributed by atoms with Crippen LogP contribution in [-0.4, -0.2) is 57.9 Å². The topological polar surface area (TPSA) is 54.3 Å². The van der Waals surface area contributed by atoms with Gasteiger partial charge in [-0.2, -0.15) is 0 Å². The molecule has 2 aromatic heterocycles. The maximum atomic E-state index is 12.9. The fraction of sp³-hybridized carbons (Fsp3) is 0.522. The van der Waals surface area contributed by atoms with Gasteiger partial charge in [0, 0.05) is 67.4 Å². The van der Waals surface area contributed by atoms with Crippen molar-refractivity contribution in [2.75, 3.05) is 37.6 Å². The summed E-state index contributed by atoms with van der Waals surface area (Å²) >= 11 is 0. The number of piperazine rings is 1. The van der Waals surface area contributed by atoms with E-state index in [1.54, 1.807) is 0 Å². The van der Waals surface area contributed by atoms with E-state index in [0.29, 0.717) is 12.5 Å². The maximum Gasteiger partial charge on any atom is 0.178 e. The van der Waals surface area contributed by atoms with E-state index in [1.807, 2.05) is 32.9 Å². The van der Waals surface area contributed by atoms with Crippen molar-refractivity contribution in [3.63, 3.8) is 0 Å². The number of carbonyl (C=O) groups excluding carboxylic acids is 1. The van der Waals surface area contributed by atoms with Crippen LogP contribution in [0.4, 0.5) is 5.82 Å². The molecule has 0 amide bonds. The highest BCUT2D eigenvalue weighted by Gasteiger charge is 2.23. The second-order valence-electron chi connectivity index (χ2n) is 8.25. The average Bonchev–Trinajstić information content (AvgIpc) is 2.97. The molecule has 3 heterocycles. The standard InChI is InChI=1S/C23H33N5O/c1-7-8-28-18(5)14-20(19(28)6)21(29)15-26-9-11-27(12-10-26)22-13-17(4)24-23(25-22)16(2)3/h7,13-14,16H,1,8-12,15H2,2-6H3. The van der Waals surface area contributed by atoms with E-state index in [9.17, 15) is 4.79 Å². The predicted molar refractivity (Wildman–Crippen MR) is 118 cm³/mol. The van der Waals surface area contributed by atoms with Crippen molar-refractivity contribution >= 4 is 11.6 Å². The third-order valence-corrected chi connectivity index (χ3v) is 5.62. The monoisotopic (exact) mass is 395 g/mol. The lowest BCUT2D eigenvalue weighted by Gasteiger charge is -2.35. The van der Waals surface area contributed by atoms with Crippen LogP contribution < -0.4 is 4.90 Å². The summed E-state index contributed by atoms with van der Waals surface area (Å²) in [4.78, 5) is 26.7. The number of aryl methyl sites for hydroxylation is 2. The van der Waals surface area contributed by atoms with Crippen LogP contribution in [0.5, 0.6) is 0 Å². The van der Waals surface area contributed by atoms with Crippen LogP contribution in [0.1, 0.15) is 53.0 Å². The number of anilines is 1. The lowest BCUT2D eigenvalue weighted by molar-refractivity contribution is 0.0925. The molecule has 0 radical (unpaired) electrons. The molecule has 0 N–H and O–H groups in total. The highest BCUT2D eigenvalue weighted by molar-refractivity contribution is 5.99. The van der Waals surface area contributed by atoms with Gasteiger partial charge in [-0.05, 0) is 26.8 Å². The van der Waals surface area contributed by atoms with Gasteiger partial charge in [0.2, 0.25) is 0 Å². The SMILES string of the molecule is C=CCn1c(C)cc(C(=O)CN2CCN(c3cc(C)nc(C(C)C)n3)CC2)c1C. The van der Waals surface area contributed by atoms with Gasteiger partial charge in [0.05, 0.1) is 6.54 Å². The number of allylic oxidation sites excluding steroid dienone is 1. The Morgan fingerprint density at radius 2 is 1.83 bits per heavy atom. The van der Waals surface area contributed by atoms with Crippen LogP contribution in [0.25, 0.3) is 0 Å². The van der Waals surface area contributed by atoms with Gasteiger partial charge in [0.25, 0.3) is 0 Å². The molecule has 29 heavy (non-hydrogen) atoms. The van der Waals surface area contributed by atoms with Crippen molar-refractivity contribution in [2.45, 2.75) is 47.1 Å². The first-order chi connectivity index (χ1) is 13.8. The Morgan fingerprint density at radius 1 is 1.14 bits per heavy atom. The largest absolute Gasteiger partial charge is 0.354 e. The van der Waals surface area contributed by atoms with Gasteiger partial charge in [-0.1, -0.05) is 19.9 Å². The first-order valence-corrected chi connectivity index (χ1v) is 10.4. The molecule has 0 bridgehead atoms. The Labute approximate surface area is 174 Å². The number of hydrogen-bond donors (Lipinski definition) is 0. The summed E-state index contributed by atoms with van der Waals surface area (Å²) in [5.41, 5.74) is 3.98. The number of nitrogens with zero attached hydrogens (tertiary/aromatic N) is 5. The van der Waals surface area contributed by atoms with E-state index in [4.69, 9.17) is 4.98 Å². The summed E-state index contributed by atoms with van der Waals surface area (Å²) in [6.45, 7) is 18.8. The predicted octanol–water partition coefficient (Wildman–Crippen LogP) is 3.52. The van der Waals surface area contributed by atoms with E-state index in [0.717, 1.165) is 67.0 Å². The van der Waals surface area contributed by atoms with Crippen LogP contribution >= 0.6 is 0 Å². The second-order valence-corrected chi connectivity index (χ2v) is 8.25. The molecule has 6 nitrogen and oxygen atoms in total. The lowest BCUT2D eigenvalue weighted by Crippen LogP contribution is -2.48. The summed E-state index contributed by atoms with van der Waals surface area (Å²) in [6.07, 6.45) is 1.87. The normalized spacial score (nSPS) is 15.2. The molecule has 1 fully saturated rings. The van der Waals surface area contributed by atoms with Crippen molar-refractivity contribution in [2.24, 2.45) is 0 Å². The van der Waals surface area contributed by atoms with Crippen LogP contribution in [0.2, 0.25) is 0 Å². The molecular weight excluding hydrogens is 362 g/mol. The zero-order chi connectivity index (χ0) is 21.1. The van der Waals surface area contributed by atoms with Crippen molar-refractivity contribution in [1.29, 1.82) is 0 Å². The molecule has 0 atom stereocenters. The minimum atomic E-state index is 0.196. The van der Waals surface area contributed by atoms with E-state index in [-0.39, 0.29) is 5.78 Å². The van der Waals surface area contributed by atoms with Crippen molar-refractivity contribution < 1.29 is 4.79 Å². The molecular formula is C23H33N5O. The molecule has 156 valence electrons. The molecule has 1 aliphatic rings. The molecule has 2 aromatic rings. The van der Waals surface area contributed by atoms with Gasteiger partial charge >= 0.3 is 0 Å². The van der Waals surface area contributed by atoms with Gasteiger partial charge in [-0.3, -0.25) is 9.69 Å². The summed E-state index contributed by atoms with van der Waals surface area (Å²) in [5, 5.41) is 0. The number of hydrogen-bond acceptors (Lipinski definition) is 5. The third-order valence-electron chi connectivity index (χ3n) is 5.62.